The highest BCUT2D eigenvalue weighted by Crippen LogP contribution is 2.10. The molecule has 0 amide bonds. The lowest BCUT2D eigenvalue weighted by molar-refractivity contribution is 0.423. The quantitative estimate of drug-likeness (QED) is 0.843. The maximum atomic E-state index is 4.50. The molecular weight excluding hydrogens is 353 g/mol. The number of halogens is 1. The van der Waals surface area contributed by atoms with Gasteiger partial charge in [0.25, 0.3) is 5.95 Å². The van der Waals surface area contributed by atoms with Gasteiger partial charge >= 0.3 is 0 Å². The molecule has 0 saturated carbocycles. The zero-order valence-corrected chi connectivity index (χ0v) is 13.8. The van der Waals surface area contributed by atoms with Gasteiger partial charge < -0.3 is 5.32 Å². The minimum absolute atomic E-state index is 0.0865. The summed E-state index contributed by atoms with van der Waals surface area (Å²) >= 11 is 2.22. The van der Waals surface area contributed by atoms with Crippen LogP contribution < -0.4 is 5.32 Å². The second-order valence-corrected chi connectivity index (χ2v) is 6.73. The van der Waals surface area contributed by atoms with E-state index in [1.165, 1.54) is 0 Å². The lowest BCUT2D eigenvalue weighted by Crippen LogP contribution is -2.35. The number of rotatable bonds is 3. The molecule has 0 aliphatic rings. The molecular formula is C13H18IN5. The molecule has 0 spiro atoms. The highest BCUT2D eigenvalue weighted by Gasteiger charge is 2.11. The van der Waals surface area contributed by atoms with Gasteiger partial charge in [0.15, 0.2) is 0 Å². The minimum atomic E-state index is 0.0865. The van der Waals surface area contributed by atoms with Crippen LogP contribution in [0.4, 0.5) is 0 Å². The third kappa shape index (κ3) is 3.97. The number of aromatic nitrogens is 4. The molecule has 102 valence electrons. The zero-order valence-electron chi connectivity index (χ0n) is 11.6. The second-order valence-electron chi connectivity index (χ2n) is 5.49. The lowest BCUT2D eigenvalue weighted by atomic mass is 10.1. The first-order valence-corrected chi connectivity index (χ1v) is 7.21. The van der Waals surface area contributed by atoms with Crippen molar-refractivity contribution in [3.63, 3.8) is 0 Å². The molecule has 0 bridgehead atoms. The van der Waals surface area contributed by atoms with E-state index in [9.17, 15) is 0 Å². The monoisotopic (exact) mass is 371 g/mol. The van der Waals surface area contributed by atoms with Gasteiger partial charge in [0.1, 0.15) is 0 Å². The molecule has 19 heavy (non-hydrogen) atoms. The Bertz CT molecular complexity index is 571. The van der Waals surface area contributed by atoms with Crippen LogP contribution >= 0.6 is 22.6 Å². The molecule has 0 saturated heterocycles. The fraction of sp³-hybridized carbons (Fsp3) is 0.462. The van der Waals surface area contributed by atoms with Crippen molar-refractivity contribution in [3.8, 4) is 5.95 Å². The average Bonchev–Trinajstić information content (AvgIpc) is 2.73. The Morgan fingerprint density at radius 2 is 2.05 bits per heavy atom. The molecule has 2 aromatic rings. The van der Waals surface area contributed by atoms with Gasteiger partial charge in [-0.2, -0.15) is 5.10 Å². The first kappa shape index (κ1) is 14.4. The number of nitrogens with zero attached hydrogens (tertiary/aromatic N) is 4. The third-order valence-corrected chi connectivity index (χ3v) is 3.19. The topological polar surface area (TPSA) is 55.6 Å². The van der Waals surface area contributed by atoms with Crippen LogP contribution in [0.5, 0.6) is 0 Å². The van der Waals surface area contributed by atoms with Crippen molar-refractivity contribution in [3.05, 3.63) is 33.4 Å². The molecule has 2 heterocycles. The van der Waals surface area contributed by atoms with Crippen molar-refractivity contribution in [2.75, 3.05) is 0 Å². The van der Waals surface area contributed by atoms with E-state index in [0.717, 1.165) is 21.4 Å². The molecule has 0 aliphatic heterocycles. The average molecular weight is 371 g/mol. The summed E-state index contributed by atoms with van der Waals surface area (Å²) in [5.74, 6) is 0.611. The Hall–Kier alpha value is -1.02. The minimum Gasteiger partial charge on any atom is -0.308 e. The second kappa shape index (κ2) is 5.54. The van der Waals surface area contributed by atoms with Gasteiger partial charge in [0, 0.05) is 35.7 Å². The van der Waals surface area contributed by atoms with Crippen molar-refractivity contribution >= 4 is 22.6 Å². The predicted molar refractivity (Wildman–Crippen MR) is 83.2 cm³/mol. The van der Waals surface area contributed by atoms with Crippen LogP contribution in [0.3, 0.4) is 0 Å². The van der Waals surface area contributed by atoms with Crippen LogP contribution in [0.2, 0.25) is 0 Å². The summed E-state index contributed by atoms with van der Waals surface area (Å²) in [6, 6.07) is 0. The van der Waals surface area contributed by atoms with Crippen molar-refractivity contribution in [1.29, 1.82) is 0 Å². The smallest absolute Gasteiger partial charge is 0.250 e. The molecule has 0 unspecified atom stereocenters. The molecule has 0 aliphatic carbocycles. The standard InChI is InChI=1S/C13H18IN5/c1-9-10(6-16-13(2,3)4)5-15-12(18-9)19-8-11(14)7-17-19/h5,7-8,16H,6H2,1-4H3. The lowest BCUT2D eigenvalue weighted by Gasteiger charge is -2.20. The van der Waals surface area contributed by atoms with Crippen LogP contribution in [0, 0.1) is 10.5 Å². The molecule has 0 atom stereocenters. The van der Waals surface area contributed by atoms with Crippen LogP contribution in [0.1, 0.15) is 32.0 Å². The predicted octanol–water partition coefficient (Wildman–Crippen LogP) is 2.46. The van der Waals surface area contributed by atoms with Gasteiger partial charge in [0.05, 0.1) is 9.77 Å². The molecule has 2 rings (SSSR count). The number of nitrogens with one attached hydrogen (secondary N) is 1. The highest BCUT2D eigenvalue weighted by molar-refractivity contribution is 14.1. The van der Waals surface area contributed by atoms with E-state index in [-0.39, 0.29) is 5.54 Å². The van der Waals surface area contributed by atoms with Crippen LogP contribution in [0.25, 0.3) is 5.95 Å². The molecule has 5 nitrogen and oxygen atoms in total. The Labute approximate surface area is 127 Å². The van der Waals surface area contributed by atoms with Gasteiger partial charge in [-0.15, -0.1) is 0 Å². The Balaban J connectivity index is 2.18. The van der Waals surface area contributed by atoms with Gasteiger partial charge in [0.2, 0.25) is 0 Å². The summed E-state index contributed by atoms with van der Waals surface area (Å²) in [6.07, 6.45) is 5.56. The molecule has 6 heteroatoms. The third-order valence-electron chi connectivity index (χ3n) is 2.63. The number of hydrogen-bond donors (Lipinski definition) is 1. The highest BCUT2D eigenvalue weighted by atomic mass is 127. The maximum Gasteiger partial charge on any atom is 0.250 e. The van der Waals surface area contributed by atoms with Crippen LogP contribution in [-0.2, 0) is 6.54 Å². The van der Waals surface area contributed by atoms with Crippen molar-refractivity contribution in [2.24, 2.45) is 0 Å². The molecule has 1 N–H and O–H groups in total. The number of aryl methyl sites for hydroxylation is 1. The summed E-state index contributed by atoms with van der Waals surface area (Å²) in [7, 11) is 0. The van der Waals surface area contributed by atoms with Crippen molar-refractivity contribution < 1.29 is 0 Å². The zero-order chi connectivity index (χ0) is 14.0. The summed E-state index contributed by atoms with van der Waals surface area (Å²) < 4.78 is 2.76. The van der Waals surface area contributed by atoms with E-state index in [4.69, 9.17) is 0 Å². The molecule has 2 aromatic heterocycles. The van der Waals surface area contributed by atoms with E-state index >= 15 is 0 Å². The van der Waals surface area contributed by atoms with Gasteiger partial charge in [-0.05, 0) is 50.3 Å². The van der Waals surface area contributed by atoms with E-state index in [1.807, 2.05) is 19.3 Å². The Morgan fingerprint density at radius 1 is 1.32 bits per heavy atom. The van der Waals surface area contributed by atoms with Crippen molar-refractivity contribution in [1.82, 2.24) is 25.1 Å². The summed E-state index contributed by atoms with van der Waals surface area (Å²) in [4.78, 5) is 8.87. The first-order chi connectivity index (χ1) is 8.85. The Kier molecular flexibility index (Phi) is 4.19. The van der Waals surface area contributed by atoms with E-state index < -0.39 is 0 Å². The molecule has 0 fully saturated rings. The SMILES string of the molecule is Cc1nc(-n2cc(I)cn2)ncc1CNC(C)(C)C. The van der Waals surface area contributed by atoms with Crippen LogP contribution in [0.15, 0.2) is 18.6 Å². The van der Waals surface area contributed by atoms with E-state index in [0.29, 0.717) is 5.95 Å². The maximum absolute atomic E-state index is 4.50. The fourth-order valence-corrected chi connectivity index (χ4v) is 1.92. The van der Waals surface area contributed by atoms with E-state index in [1.54, 1.807) is 10.9 Å². The van der Waals surface area contributed by atoms with Gasteiger partial charge in [-0.1, -0.05) is 0 Å². The van der Waals surface area contributed by atoms with Crippen LogP contribution in [-0.4, -0.2) is 25.3 Å². The summed E-state index contributed by atoms with van der Waals surface area (Å²) in [5, 5.41) is 7.65. The molecule has 0 radical (unpaired) electrons. The van der Waals surface area contributed by atoms with Crippen molar-refractivity contribution in [2.45, 2.75) is 39.8 Å². The largest absolute Gasteiger partial charge is 0.308 e. The first-order valence-electron chi connectivity index (χ1n) is 6.13. The Morgan fingerprint density at radius 3 is 2.58 bits per heavy atom. The summed E-state index contributed by atoms with van der Waals surface area (Å²) in [6.45, 7) is 9.20. The van der Waals surface area contributed by atoms with E-state index in [2.05, 4.69) is 63.7 Å². The normalized spacial score (nSPS) is 11.8. The molecule has 0 aromatic carbocycles. The van der Waals surface area contributed by atoms with Gasteiger partial charge in [-0.3, -0.25) is 0 Å². The summed E-state index contributed by atoms with van der Waals surface area (Å²) in [5.41, 5.74) is 2.18. The number of hydrogen-bond acceptors (Lipinski definition) is 4. The fourth-order valence-electron chi connectivity index (χ4n) is 1.53. The van der Waals surface area contributed by atoms with Gasteiger partial charge in [-0.25, -0.2) is 14.6 Å².